The summed E-state index contributed by atoms with van der Waals surface area (Å²) in [6, 6.07) is 10.9. The smallest absolute Gasteiger partial charge is 0.192 e. The number of hydrogen-bond donors (Lipinski definition) is 0. The average molecular weight is 395 g/mol. The monoisotopic (exact) mass is 394 g/mol. The van der Waals surface area contributed by atoms with E-state index in [2.05, 4.69) is 96.7 Å². The Morgan fingerprint density at radius 1 is 1.08 bits per heavy atom. The zero-order valence-electron chi connectivity index (χ0n) is 18.5. The zero-order valence-corrected chi connectivity index (χ0v) is 20.3. The first-order chi connectivity index (χ1) is 12.1. The van der Waals surface area contributed by atoms with Gasteiger partial charge in [-0.2, -0.15) is 11.8 Å². The van der Waals surface area contributed by atoms with Gasteiger partial charge in [-0.05, 0) is 54.6 Å². The topological polar surface area (TPSA) is 9.23 Å². The minimum atomic E-state index is -1.76. The van der Waals surface area contributed by atoms with E-state index >= 15 is 0 Å². The third-order valence-electron chi connectivity index (χ3n) is 6.02. The molecule has 1 aromatic rings. The fraction of sp³-hybridized carbons (Fsp3) is 0.739. The molecule has 0 saturated carbocycles. The Morgan fingerprint density at radius 3 is 2.23 bits per heavy atom. The van der Waals surface area contributed by atoms with E-state index < -0.39 is 8.32 Å². The first-order valence-corrected chi connectivity index (χ1v) is 14.4. The van der Waals surface area contributed by atoms with Crippen LogP contribution in [-0.2, 0) is 10.8 Å². The molecule has 1 nitrogen and oxygen atoms in total. The van der Waals surface area contributed by atoms with Crippen molar-refractivity contribution in [2.75, 3.05) is 5.75 Å². The Kier molecular flexibility index (Phi) is 9.99. The van der Waals surface area contributed by atoms with Crippen LogP contribution in [0.5, 0.6) is 0 Å². The van der Waals surface area contributed by atoms with Crippen LogP contribution in [0.2, 0.25) is 18.1 Å². The van der Waals surface area contributed by atoms with Crippen LogP contribution in [0.15, 0.2) is 30.3 Å². The number of unbranched alkanes of at least 4 members (excludes halogenated alkanes) is 1. The Balaban J connectivity index is 2.82. The molecule has 0 aliphatic carbocycles. The molecule has 3 heteroatoms. The van der Waals surface area contributed by atoms with E-state index in [9.17, 15) is 0 Å². The molecule has 0 radical (unpaired) electrons. The summed E-state index contributed by atoms with van der Waals surface area (Å²) in [6.07, 6.45) is 5.18. The Labute approximate surface area is 168 Å². The molecule has 0 aliphatic rings. The highest BCUT2D eigenvalue weighted by molar-refractivity contribution is 7.99. The maximum atomic E-state index is 6.94. The van der Waals surface area contributed by atoms with Crippen molar-refractivity contribution in [2.24, 2.45) is 5.92 Å². The van der Waals surface area contributed by atoms with Gasteiger partial charge in [-0.15, -0.1) is 0 Å². The van der Waals surface area contributed by atoms with Crippen LogP contribution in [0, 0.1) is 5.92 Å². The summed E-state index contributed by atoms with van der Waals surface area (Å²) in [5, 5.41) is 0.906. The molecule has 0 saturated heterocycles. The fourth-order valence-corrected chi connectivity index (χ4v) is 5.55. The van der Waals surface area contributed by atoms with Gasteiger partial charge < -0.3 is 4.43 Å². The van der Waals surface area contributed by atoms with E-state index in [0.29, 0.717) is 17.3 Å². The normalized spacial score (nSPS) is 16.3. The van der Waals surface area contributed by atoms with E-state index in [1.807, 2.05) is 0 Å². The number of rotatable bonds is 11. The van der Waals surface area contributed by atoms with E-state index in [4.69, 9.17) is 4.43 Å². The Hall–Kier alpha value is -0.253. The first-order valence-electron chi connectivity index (χ1n) is 10.4. The minimum Gasteiger partial charge on any atom is -0.414 e. The van der Waals surface area contributed by atoms with Crippen LogP contribution in [0.3, 0.4) is 0 Å². The molecule has 26 heavy (non-hydrogen) atoms. The molecule has 0 spiro atoms. The van der Waals surface area contributed by atoms with Crippen molar-refractivity contribution in [3.8, 4) is 0 Å². The predicted molar refractivity (Wildman–Crippen MR) is 123 cm³/mol. The lowest BCUT2D eigenvalue weighted by Gasteiger charge is -2.42. The highest BCUT2D eigenvalue weighted by Gasteiger charge is 2.40. The SMILES string of the molecule is CCCCS[C@H](C)[C@H](C)[C@@H](CCc1ccccc1)O[Si](C)(C)C(C)(C)C. The van der Waals surface area contributed by atoms with Crippen LogP contribution in [0.25, 0.3) is 0 Å². The van der Waals surface area contributed by atoms with Gasteiger partial charge in [0.1, 0.15) is 0 Å². The number of thioether (sulfide) groups is 1. The maximum Gasteiger partial charge on any atom is 0.192 e. The van der Waals surface area contributed by atoms with Gasteiger partial charge in [0, 0.05) is 11.4 Å². The molecule has 1 aromatic carbocycles. The van der Waals surface area contributed by atoms with Crippen LogP contribution in [0.1, 0.15) is 66.4 Å². The highest BCUT2D eigenvalue weighted by atomic mass is 32.2. The largest absolute Gasteiger partial charge is 0.414 e. The molecular formula is C23H42OSSi. The first kappa shape index (κ1) is 23.8. The van der Waals surface area contributed by atoms with Gasteiger partial charge in [-0.1, -0.05) is 78.3 Å². The van der Waals surface area contributed by atoms with E-state index in [0.717, 1.165) is 12.8 Å². The molecular weight excluding hydrogens is 352 g/mol. The lowest BCUT2D eigenvalue weighted by molar-refractivity contribution is 0.117. The van der Waals surface area contributed by atoms with Gasteiger partial charge in [0.15, 0.2) is 8.32 Å². The molecule has 0 heterocycles. The second-order valence-corrected chi connectivity index (χ2v) is 15.5. The van der Waals surface area contributed by atoms with Crippen molar-refractivity contribution in [1.29, 1.82) is 0 Å². The van der Waals surface area contributed by atoms with Crippen molar-refractivity contribution >= 4 is 20.1 Å². The standard InChI is InChI=1S/C23H42OSSi/c1-9-10-18-25-20(3)19(2)22(24-26(7,8)23(4,5)6)17-16-21-14-12-11-13-15-21/h11-15,19-20,22H,9-10,16-18H2,1-8H3/t19-,20+,22+/m0/s1. The van der Waals surface area contributed by atoms with Gasteiger partial charge in [-0.3, -0.25) is 0 Å². The van der Waals surface area contributed by atoms with Crippen LogP contribution < -0.4 is 0 Å². The molecule has 0 aliphatic heterocycles. The van der Waals surface area contributed by atoms with E-state index in [-0.39, 0.29) is 5.04 Å². The summed E-state index contributed by atoms with van der Waals surface area (Å²) in [4.78, 5) is 0. The van der Waals surface area contributed by atoms with Crippen molar-refractivity contribution < 1.29 is 4.43 Å². The highest BCUT2D eigenvalue weighted by Crippen LogP contribution is 2.39. The summed E-state index contributed by atoms with van der Waals surface area (Å²) in [5.41, 5.74) is 1.43. The molecule has 0 N–H and O–H groups in total. The van der Waals surface area contributed by atoms with E-state index in [1.54, 1.807) is 0 Å². The van der Waals surface area contributed by atoms with Crippen LogP contribution >= 0.6 is 11.8 Å². The second-order valence-electron chi connectivity index (χ2n) is 9.23. The average Bonchev–Trinajstić information content (AvgIpc) is 2.58. The summed E-state index contributed by atoms with van der Waals surface area (Å²) >= 11 is 2.13. The second kappa shape index (κ2) is 10.9. The number of hydrogen-bond acceptors (Lipinski definition) is 2. The number of aryl methyl sites for hydroxylation is 1. The summed E-state index contributed by atoms with van der Waals surface area (Å²) in [7, 11) is -1.76. The van der Waals surface area contributed by atoms with Gasteiger partial charge >= 0.3 is 0 Å². The number of benzene rings is 1. The summed E-state index contributed by atoms with van der Waals surface area (Å²) in [6.45, 7) is 18.9. The Morgan fingerprint density at radius 2 is 1.69 bits per heavy atom. The molecule has 3 atom stereocenters. The third-order valence-corrected chi connectivity index (χ3v) is 12.0. The van der Waals surface area contributed by atoms with Crippen molar-refractivity contribution in [1.82, 2.24) is 0 Å². The zero-order chi connectivity index (χ0) is 19.8. The van der Waals surface area contributed by atoms with Gasteiger partial charge in [0.05, 0.1) is 0 Å². The van der Waals surface area contributed by atoms with Gasteiger partial charge in [0.25, 0.3) is 0 Å². The van der Waals surface area contributed by atoms with Gasteiger partial charge in [0.2, 0.25) is 0 Å². The van der Waals surface area contributed by atoms with Crippen molar-refractivity contribution in [3.63, 3.8) is 0 Å². The van der Waals surface area contributed by atoms with Crippen molar-refractivity contribution in [3.05, 3.63) is 35.9 Å². The molecule has 0 amide bonds. The molecule has 0 aromatic heterocycles. The van der Waals surface area contributed by atoms with E-state index in [1.165, 1.54) is 24.2 Å². The third kappa shape index (κ3) is 7.78. The molecule has 0 bridgehead atoms. The lowest BCUT2D eigenvalue weighted by Crippen LogP contribution is -2.46. The summed E-state index contributed by atoms with van der Waals surface area (Å²) in [5.74, 6) is 1.85. The van der Waals surface area contributed by atoms with Crippen LogP contribution in [-0.4, -0.2) is 25.4 Å². The predicted octanol–water partition coefficient (Wildman–Crippen LogP) is 7.57. The minimum absolute atomic E-state index is 0.260. The molecule has 0 unspecified atom stereocenters. The molecule has 0 fully saturated rings. The lowest BCUT2D eigenvalue weighted by atomic mass is 9.95. The maximum absolute atomic E-state index is 6.94. The Bertz CT molecular complexity index is 495. The van der Waals surface area contributed by atoms with Crippen molar-refractivity contribution in [2.45, 2.75) is 96.7 Å². The summed E-state index contributed by atoms with van der Waals surface area (Å²) < 4.78 is 6.94. The molecule has 150 valence electrons. The fourth-order valence-electron chi connectivity index (χ4n) is 2.81. The molecule has 1 rings (SSSR count). The van der Waals surface area contributed by atoms with Gasteiger partial charge in [-0.25, -0.2) is 0 Å². The van der Waals surface area contributed by atoms with Crippen LogP contribution in [0.4, 0.5) is 0 Å². The quantitative estimate of drug-likeness (QED) is 0.283.